The number of aromatic nitrogens is 1. The molecule has 11 heavy (non-hydrogen) atoms. The molecular weight excluding hydrogens is 144 g/mol. The van der Waals surface area contributed by atoms with Gasteiger partial charge in [-0.15, -0.1) is 0 Å². The summed E-state index contributed by atoms with van der Waals surface area (Å²) in [4.78, 5) is 16.9. The van der Waals surface area contributed by atoms with Gasteiger partial charge in [0.05, 0.1) is 0 Å². The molecule has 4 heteroatoms. The molecule has 0 fully saturated rings. The van der Waals surface area contributed by atoms with E-state index >= 15 is 0 Å². The predicted octanol–water partition coefficient (Wildman–Crippen LogP) is 0.505. The van der Waals surface area contributed by atoms with Gasteiger partial charge in [0.15, 0.2) is 0 Å². The maximum atomic E-state index is 9.47. The molecule has 0 bridgehead atoms. The second-order valence-electron chi connectivity index (χ2n) is 1.63. The second kappa shape index (κ2) is 6.70. The number of carbonyl (C=O) groups is 1. The van der Waals surface area contributed by atoms with Crippen molar-refractivity contribution in [2.24, 2.45) is 5.90 Å². The van der Waals surface area contributed by atoms with Crippen molar-refractivity contribution in [3.05, 3.63) is 30.6 Å². The fourth-order valence-electron chi connectivity index (χ4n) is 0.313. The van der Waals surface area contributed by atoms with Crippen molar-refractivity contribution in [1.29, 1.82) is 0 Å². The first-order valence-electron chi connectivity index (χ1n) is 2.99. The van der Waals surface area contributed by atoms with Crippen LogP contribution in [0.25, 0.3) is 0 Å². The molecule has 0 aliphatic heterocycles. The molecule has 4 nitrogen and oxygen atoms in total. The number of nitrogens with two attached hydrogens (primary N) is 1. The summed E-state index contributed by atoms with van der Waals surface area (Å²) in [6.07, 6.45) is 3.50. The number of nitrogens with zero attached hydrogens (tertiary/aromatic N) is 1. The molecule has 0 aromatic carbocycles. The average Bonchev–Trinajstić information content (AvgIpc) is 2.09. The SMILES string of the molecule is CC(=O)ON.c1ccncc1. The lowest BCUT2D eigenvalue weighted by Crippen LogP contribution is -2.03. The van der Waals surface area contributed by atoms with Gasteiger partial charge in [0.25, 0.3) is 0 Å². The van der Waals surface area contributed by atoms with Crippen LogP contribution in [0, 0.1) is 0 Å². The maximum absolute atomic E-state index is 9.47. The minimum absolute atomic E-state index is 0.468. The van der Waals surface area contributed by atoms with Crippen LogP contribution in [0.4, 0.5) is 0 Å². The summed E-state index contributed by atoms with van der Waals surface area (Å²) >= 11 is 0. The summed E-state index contributed by atoms with van der Waals surface area (Å²) < 4.78 is 0. The summed E-state index contributed by atoms with van der Waals surface area (Å²) in [6, 6.07) is 5.72. The molecule has 0 spiro atoms. The van der Waals surface area contributed by atoms with E-state index in [2.05, 4.69) is 15.7 Å². The Kier molecular flexibility index (Phi) is 5.83. The lowest BCUT2D eigenvalue weighted by atomic mass is 10.5. The van der Waals surface area contributed by atoms with E-state index in [4.69, 9.17) is 0 Å². The van der Waals surface area contributed by atoms with E-state index in [9.17, 15) is 4.79 Å². The van der Waals surface area contributed by atoms with E-state index in [-0.39, 0.29) is 0 Å². The van der Waals surface area contributed by atoms with E-state index in [1.807, 2.05) is 18.2 Å². The smallest absolute Gasteiger partial charge is 0.321 e. The summed E-state index contributed by atoms with van der Waals surface area (Å²) in [7, 11) is 0. The van der Waals surface area contributed by atoms with Gasteiger partial charge in [0.1, 0.15) is 0 Å². The number of pyridine rings is 1. The third-order valence-electron chi connectivity index (χ3n) is 0.732. The van der Waals surface area contributed by atoms with Crippen molar-refractivity contribution in [3.8, 4) is 0 Å². The summed E-state index contributed by atoms with van der Waals surface area (Å²) in [6.45, 7) is 1.24. The highest BCUT2D eigenvalue weighted by molar-refractivity contribution is 5.65. The van der Waals surface area contributed by atoms with Gasteiger partial charge in [0.2, 0.25) is 0 Å². The van der Waals surface area contributed by atoms with Crippen LogP contribution in [-0.4, -0.2) is 11.0 Å². The van der Waals surface area contributed by atoms with Gasteiger partial charge >= 0.3 is 5.97 Å². The summed E-state index contributed by atoms with van der Waals surface area (Å²) in [5.41, 5.74) is 0. The molecule has 0 aliphatic carbocycles. The van der Waals surface area contributed by atoms with Crippen molar-refractivity contribution in [2.45, 2.75) is 6.92 Å². The topological polar surface area (TPSA) is 65.2 Å². The first-order chi connectivity index (χ1) is 5.27. The monoisotopic (exact) mass is 154 g/mol. The average molecular weight is 154 g/mol. The highest BCUT2D eigenvalue weighted by atomic mass is 16.7. The maximum Gasteiger partial charge on any atom is 0.321 e. The van der Waals surface area contributed by atoms with Gasteiger partial charge < -0.3 is 4.84 Å². The fraction of sp³-hybridized carbons (Fsp3) is 0.143. The van der Waals surface area contributed by atoms with Crippen LogP contribution in [0.5, 0.6) is 0 Å². The van der Waals surface area contributed by atoms with Crippen molar-refractivity contribution < 1.29 is 9.63 Å². The Morgan fingerprint density at radius 3 is 1.91 bits per heavy atom. The molecule has 1 aromatic heterocycles. The van der Waals surface area contributed by atoms with Crippen molar-refractivity contribution in [2.75, 3.05) is 0 Å². The van der Waals surface area contributed by atoms with Gasteiger partial charge in [0, 0.05) is 19.3 Å². The minimum Gasteiger partial charge on any atom is -0.374 e. The van der Waals surface area contributed by atoms with E-state index in [0.717, 1.165) is 0 Å². The van der Waals surface area contributed by atoms with Gasteiger partial charge in [-0.1, -0.05) is 6.07 Å². The van der Waals surface area contributed by atoms with E-state index in [0.29, 0.717) is 0 Å². The van der Waals surface area contributed by atoms with Crippen LogP contribution in [-0.2, 0) is 9.63 Å². The first kappa shape index (κ1) is 9.58. The molecular formula is C7H10N2O2. The molecule has 0 atom stereocenters. The number of rotatable bonds is 0. The summed E-state index contributed by atoms with van der Waals surface area (Å²) in [5.74, 6) is 3.85. The molecule has 0 saturated carbocycles. The van der Waals surface area contributed by atoms with Crippen LogP contribution >= 0.6 is 0 Å². The Balaban J connectivity index is 0.000000187. The van der Waals surface area contributed by atoms with Crippen LogP contribution < -0.4 is 5.90 Å². The standard InChI is InChI=1S/C5H5N.C2H5NO2/c1-2-4-6-5-3-1;1-2(4)5-3/h1-5H;3H2,1H3. The first-order valence-corrected chi connectivity index (χ1v) is 2.99. The molecule has 0 amide bonds. The Hall–Kier alpha value is -1.42. The zero-order chi connectivity index (χ0) is 8.53. The molecule has 60 valence electrons. The van der Waals surface area contributed by atoms with Crippen LogP contribution in [0.1, 0.15) is 6.92 Å². The number of hydrogen-bond donors (Lipinski definition) is 1. The fourth-order valence-corrected chi connectivity index (χ4v) is 0.313. The molecule has 1 rings (SSSR count). The zero-order valence-corrected chi connectivity index (χ0v) is 6.23. The zero-order valence-electron chi connectivity index (χ0n) is 6.23. The molecule has 0 aliphatic rings. The molecule has 2 N–H and O–H groups in total. The Morgan fingerprint density at radius 2 is 1.82 bits per heavy atom. The molecule has 0 radical (unpaired) electrons. The lowest BCUT2D eigenvalue weighted by molar-refractivity contribution is -0.141. The lowest BCUT2D eigenvalue weighted by Gasteiger charge is -1.79. The predicted molar refractivity (Wildman–Crippen MR) is 40.2 cm³/mol. The van der Waals surface area contributed by atoms with Crippen molar-refractivity contribution >= 4 is 5.97 Å². The van der Waals surface area contributed by atoms with Crippen LogP contribution in [0.2, 0.25) is 0 Å². The third-order valence-corrected chi connectivity index (χ3v) is 0.732. The largest absolute Gasteiger partial charge is 0.374 e. The third kappa shape index (κ3) is 8.58. The Labute approximate surface area is 65.0 Å². The Morgan fingerprint density at radius 1 is 1.36 bits per heavy atom. The van der Waals surface area contributed by atoms with Gasteiger partial charge in [-0.05, 0) is 12.1 Å². The molecule has 0 saturated heterocycles. The Bertz CT molecular complexity index is 162. The normalized spacial score (nSPS) is 7.45. The molecule has 0 unspecified atom stereocenters. The number of carbonyl (C=O) groups excluding carboxylic acids is 1. The van der Waals surface area contributed by atoms with Gasteiger partial charge in [-0.2, -0.15) is 5.90 Å². The quantitative estimate of drug-likeness (QED) is 0.553. The highest BCUT2D eigenvalue weighted by Crippen LogP contribution is 1.73. The van der Waals surface area contributed by atoms with Crippen LogP contribution in [0.3, 0.4) is 0 Å². The van der Waals surface area contributed by atoms with E-state index in [1.165, 1.54) is 6.92 Å². The van der Waals surface area contributed by atoms with E-state index < -0.39 is 5.97 Å². The van der Waals surface area contributed by atoms with Crippen molar-refractivity contribution in [3.63, 3.8) is 0 Å². The molecule has 1 aromatic rings. The van der Waals surface area contributed by atoms with Gasteiger partial charge in [-0.3, -0.25) is 9.78 Å². The van der Waals surface area contributed by atoms with Crippen molar-refractivity contribution in [1.82, 2.24) is 4.98 Å². The summed E-state index contributed by atoms with van der Waals surface area (Å²) in [5, 5.41) is 0. The van der Waals surface area contributed by atoms with Crippen LogP contribution in [0.15, 0.2) is 30.6 Å². The second-order valence-corrected chi connectivity index (χ2v) is 1.63. The molecule has 1 heterocycles. The van der Waals surface area contributed by atoms with E-state index in [1.54, 1.807) is 12.4 Å². The highest BCUT2D eigenvalue weighted by Gasteiger charge is 1.77. The minimum atomic E-state index is -0.468. The van der Waals surface area contributed by atoms with Gasteiger partial charge in [-0.25, -0.2) is 0 Å². The number of hydrogen-bond acceptors (Lipinski definition) is 4.